The van der Waals surface area contributed by atoms with Gasteiger partial charge in [-0.15, -0.1) is 0 Å². The number of aliphatic carboxylic acids is 1. The maximum absolute atomic E-state index is 10.1. The predicted octanol–water partition coefficient (Wildman–Crippen LogP) is -0.798. The summed E-state index contributed by atoms with van der Waals surface area (Å²) in [5, 5.41) is 19.1. The minimum absolute atomic E-state index is 0.113. The fourth-order valence-electron chi connectivity index (χ4n) is 0.407. The van der Waals surface area contributed by atoms with Crippen molar-refractivity contribution in [2.45, 2.75) is 12.5 Å². The van der Waals surface area contributed by atoms with E-state index in [1.807, 2.05) is 0 Å². The van der Waals surface area contributed by atoms with Crippen LogP contribution in [-0.4, -0.2) is 28.8 Å². The topological polar surface area (TPSA) is 69.6 Å². The van der Waals surface area contributed by atoms with Crippen LogP contribution in [0.2, 0.25) is 0 Å². The van der Waals surface area contributed by atoms with E-state index in [1.165, 1.54) is 0 Å². The van der Waals surface area contributed by atoms with Crippen LogP contribution >= 0.6 is 9.39 Å². The van der Waals surface area contributed by atoms with E-state index in [9.17, 15) is 4.79 Å². The lowest BCUT2D eigenvalue weighted by molar-refractivity contribution is -0.139. The van der Waals surface area contributed by atoms with Crippen LogP contribution in [0.1, 0.15) is 6.42 Å². The molecular weight excluding hydrogens is 141 g/mol. The summed E-state index contributed by atoms with van der Waals surface area (Å²) in [5.74, 6) is -0.945. The molecule has 0 bridgehead atoms. The molecule has 0 amide bonds. The predicted molar refractivity (Wildman–Crippen MR) is 36.0 cm³/mol. The van der Waals surface area contributed by atoms with Gasteiger partial charge >= 0.3 is 5.97 Å². The summed E-state index contributed by atoms with van der Waals surface area (Å²) in [6.07, 6.45) is 0.235. The number of carboxylic acid groups (broad SMARTS) is 1. The van der Waals surface area contributed by atoms with Gasteiger partial charge in [0.25, 0.3) is 0 Å². The fraction of sp³-hybridized carbons (Fsp3) is 0.750. The third-order valence-electron chi connectivity index (χ3n) is 0.917. The van der Waals surface area contributed by atoms with Crippen molar-refractivity contribution in [1.82, 2.24) is 5.09 Å². The Labute approximate surface area is 55.5 Å². The van der Waals surface area contributed by atoms with Crippen molar-refractivity contribution in [3.63, 3.8) is 0 Å². The van der Waals surface area contributed by atoms with E-state index in [0.29, 0.717) is 0 Å². The molecule has 0 aromatic carbocycles. The highest BCUT2D eigenvalue weighted by atomic mass is 31.0. The van der Waals surface area contributed by atoms with Gasteiger partial charge in [-0.3, -0.25) is 9.88 Å². The SMILES string of the molecule is O=C(O)[C@H](CCO)NP. The number of hydrogen-bond donors (Lipinski definition) is 3. The van der Waals surface area contributed by atoms with E-state index >= 15 is 0 Å². The summed E-state index contributed by atoms with van der Waals surface area (Å²) in [6, 6.07) is -0.653. The zero-order valence-electron chi connectivity index (χ0n) is 4.87. The highest BCUT2D eigenvalue weighted by Crippen LogP contribution is 1.92. The third kappa shape index (κ3) is 3.40. The van der Waals surface area contributed by atoms with Gasteiger partial charge in [0.15, 0.2) is 0 Å². The second-order valence-corrected chi connectivity index (χ2v) is 1.90. The van der Waals surface area contributed by atoms with Crippen LogP contribution in [-0.2, 0) is 4.79 Å². The van der Waals surface area contributed by atoms with Gasteiger partial charge in [-0.25, -0.2) is 0 Å². The van der Waals surface area contributed by atoms with Gasteiger partial charge in [0.05, 0.1) is 0 Å². The highest BCUT2D eigenvalue weighted by molar-refractivity contribution is 7.13. The average molecular weight is 151 g/mol. The molecule has 0 aliphatic carbocycles. The van der Waals surface area contributed by atoms with Gasteiger partial charge in [0, 0.05) is 6.61 Å². The molecule has 1 unspecified atom stereocenters. The Morgan fingerprint density at radius 2 is 2.33 bits per heavy atom. The molecule has 0 radical (unpaired) electrons. The summed E-state index contributed by atoms with van der Waals surface area (Å²) in [4.78, 5) is 10.1. The number of aliphatic hydroxyl groups excluding tert-OH is 1. The number of aliphatic hydroxyl groups is 1. The van der Waals surface area contributed by atoms with E-state index in [0.717, 1.165) is 0 Å². The second-order valence-electron chi connectivity index (χ2n) is 1.57. The van der Waals surface area contributed by atoms with E-state index in [-0.39, 0.29) is 13.0 Å². The molecule has 0 aliphatic rings. The van der Waals surface area contributed by atoms with E-state index in [2.05, 4.69) is 14.5 Å². The molecule has 0 aliphatic heterocycles. The van der Waals surface area contributed by atoms with Crippen molar-refractivity contribution < 1.29 is 15.0 Å². The van der Waals surface area contributed by atoms with Crippen LogP contribution in [0.15, 0.2) is 0 Å². The second kappa shape index (κ2) is 4.68. The lowest BCUT2D eigenvalue weighted by Crippen LogP contribution is -2.30. The minimum Gasteiger partial charge on any atom is -0.480 e. The summed E-state index contributed by atoms with van der Waals surface area (Å²) in [6.45, 7) is -0.113. The normalized spacial score (nSPS) is 13.1. The largest absolute Gasteiger partial charge is 0.480 e. The first-order chi connectivity index (χ1) is 4.22. The molecule has 5 heteroatoms. The molecule has 0 fully saturated rings. The molecule has 54 valence electrons. The van der Waals surface area contributed by atoms with Crippen molar-refractivity contribution in [2.24, 2.45) is 0 Å². The number of carbonyl (C=O) groups is 1. The van der Waals surface area contributed by atoms with Crippen LogP contribution in [0.5, 0.6) is 0 Å². The molecule has 0 aromatic heterocycles. The van der Waals surface area contributed by atoms with Crippen LogP contribution < -0.4 is 5.09 Å². The van der Waals surface area contributed by atoms with Crippen molar-refractivity contribution in [3.05, 3.63) is 0 Å². The molecule has 2 atom stereocenters. The molecule has 9 heavy (non-hydrogen) atoms. The first kappa shape index (κ1) is 8.82. The fourth-order valence-corrected chi connectivity index (χ4v) is 0.716. The highest BCUT2D eigenvalue weighted by Gasteiger charge is 2.12. The first-order valence-electron chi connectivity index (χ1n) is 2.52. The summed E-state index contributed by atoms with van der Waals surface area (Å²) in [5.41, 5.74) is 0. The molecule has 4 nitrogen and oxygen atoms in total. The van der Waals surface area contributed by atoms with Crippen molar-refractivity contribution in [1.29, 1.82) is 0 Å². The number of nitrogens with one attached hydrogen (secondary N) is 1. The quantitative estimate of drug-likeness (QED) is 0.460. The average Bonchev–Trinajstić information content (AvgIpc) is 1.82. The van der Waals surface area contributed by atoms with Gasteiger partial charge < -0.3 is 10.2 Å². The zero-order valence-corrected chi connectivity index (χ0v) is 6.03. The molecule has 0 saturated carbocycles. The Kier molecular flexibility index (Phi) is 4.58. The minimum atomic E-state index is -0.945. The van der Waals surface area contributed by atoms with Gasteiger partial charge in [0.2, 0.25) is 0 Å². The number of carboxylic acids is 1. The molecule has 0 spiro atoms. The molecule has 0 saturated heterocycles. The van der Waals surface area contributed by atoms with Gasteiger partial charge in [-0.2, -0.15) is 0 Å². The maximum Gasteiger partial charge on any atom is 0.321 e. The van der Waals surface area contributed by atoms with E-state index < -0.39 is 12.0 Å². The molecule has 0 rings (SSSR count). The Morgan fingerprint density at radius 3 is 2.44 bits per heavy atom. The van der Waals surface area contributed by atoms with E-state index in [1.54, 1.807) is 0 Å². The van der Waals surface area contributed by atoms with Crippen LogP contribution in [0, 0.1) is 0 Å². The molecule has 0 aromatic rings. The maximum atomic E-state index is 10.1. The van der Waals surface area contributed by atoms with Crippen molar-refractivity contribution in [3.8, 4) is 0 Å². The van der Waals surface area contributed by atoms with Crippen LogP contribution in [0.4, 0.5) is 0 Å². The summed E-state index contributed by atoms with van der Waals surface area (Å²) in [7, 11) is 2.09. The smallest absolute Gasteiger partial charge is 0.321 e. The Balaban J connectivity index is 3.54. The molecule has 3 N–H and O–H groups in total. The summed E-state index contributed by atoms with van der Waals surface area (Å²) < 4.78 is 0. The van der Waals surface area contributed by atoms with Gasteiger partial charge in [0.1, 0.15) is 6.04 Å². The van der Waals surface area contributed by atoms with E-state index in [4.69, 9.17) is 10.2 Å². The van der Waals surface area contributed by atoms with Crippen LogP contribution in [0.25, 0.3) is 0 Å². The van der Waals surface area contributed by atoms with Crippen molar-refractivity contribution in [2.75, 3.05) is 6.61 Å². The lowest BCUT2D eigenvalue weighted by atomic mass is 10.2. The zero-order chi connectivity index (χ0) is 7.28. The van der Waals surface area contributed by atoms with Crippen LogP contribution in [0.3, 0.4) is 0 Å². The standard InChI is InChI=1S/C4H10NO3P/c6-2-1-3(5-9)4(7)8/h3,5-6H,1-2,9H2,(H,7,8)/t3-/m0/s1. The molecular formula is C4H10NO3P. The Morgan fingerprint density at radius 1 is 1.78 bits per heavy atom. The van der Waals surface area contributed by atoms with Gasteiger partial charge in [-0.05, 0) is 6.42 Å². The first-order valence-corrected chi connectivity index (χ1v) is 3.10. The molecule has 0 heterocycles. The Bertz CT molecular complexity index is 97.8. The van der Waals surface area contributed by atoms with Gasteiger partial charge in [-0.1, -0.05) is 9.39 Å². The Hall–Kier alpha value is -0.180. The summed E-state index contributed by atoms with van der Waals surface area (Å²) >= 11 is 0. The number of rotatable bonds is 4. The lowest BCUT2D eigenvalue weighted by Gasteiger charge is -2.06. The number of hydrogen-bond acceptors (Lipinski definition) is 3. The van der Waals surface area contributed by atoms with Crippen molar-refractivity contribution >= 4 is 15.4 Å². The third-order valence-corrected chi connectivity index (χ3v) is 1.32. The monoisotopic (exact) mass is 151 g/mol.